The minimum Gasteiger partial charge on any atom is -0.332 e. The molecule has 2 aromatic rings. The summed E-state index contributed by atoms with van der Waals surface area (Å²) in [5.74, 6) is 1.21. The molecule has 1 saturated heterocycles. The van der Waals surface area contributed by atoms with Gasteiger partial charge in [0, 0.05) is 39.4 Å². The molecule has 0 amide bonds. The van der Waals surface area contributed by atoms with E-state index in [4.69, 9.17) is 4.52 Å². The van der Waals surface area contributed by atoms with Crippen molar-refractivity contribution in [2.24, 2.45) is 7.05 Å². The Bertz CT molecular complexity index is 513. The number of hydrogen-bond donors (Lipinski definition) is 1. The molecule has 2 aromatic heterocycles. The van der Waals surface area contributed by atoms with Gasteiger partial charge in [-0.05, 0) is 6.07 Å². The third-order valence-electron chi connectivity index (χ3n) is 2.98. The normalized spacial score (nSPS) is 17.2. The van der Waals surface area contributed by atoms with Gasteiger partial charge in [0.1, 0.15) is 0 Å². The molecule has 0 atom stereocenters. The van der Waals surface area contributed by atoms with E-state index in [9.17, 15) is 0 Å². The fourth-order valence-corrected chi connectivity index (χ4v) is 2.02. The van der Waals surface area contributed by atoms with E-state index in [-0.39, 0.29) is 0 Å². The molecular weight excluding hydrogens is 232 g/mol. The van der Waals surface area contributed by atoms with Crippen LogP contribution in [0.3, 0.4) is 0 Å². The summed E-state index contributed by atoms with van der Waals surface area (Å²) < 4.78 is 6.94. The van der Waals surface area contributed by atoms with Gasteiger partial charge in [-0.25, -0.2) is 0 Å². The van der Waals surface area contributed by atoms with Gasteiger partial charge < -0.3 is 9.84 Å². The van der Waals surface area contributed by atoms with Crippen LogP contribution in [-0.2, 0) is 13.6 Å². The predicted octanol–water partition coefficient (Wildman–Crippen LogP) is -0.125. The van der Waals surface area contributed by atoms with Gasteiger partial charge in [0.2, 0.25) is 0 Å². The molecule has 18 heavy (non-hydrogen) atoms. The van der Waals surface area contributed by atoms with Crippen LogP contribution in [0.1, 0.15) is 5.82 Å². The summed E-state index contributed by atoms with van der Waals surface area (Å²) in [6, 6.07) is 1.86. The fraction of sp³-hybridized carbons (Fsp3) is 0.545. The summed E-state index contributed by atoms with van der Waals surface area (Å²) in [7, 11) is 1.86. The molecule has 0 bridgehead atoms. The van der Waals surface area contributed by atoms with Crippen LogP contribution in [0, 0.1) is 0 Å². The number of nitrogens with one attached hydrogen (secondary N) is 1. The van der Waals surface area contributed by atoms with Crippen molar-refractivity contribution in [3.8, 4) is 11.6 Å². The number of aryl methyl sites for hydroxylation is 1. The summed E-state index contributed by atoms with van der Waals surface area (Å²) in [4.78, 5) is 6.68. The number of rotatable bonds is 3. The maximum absolute atomic E-state index is 5.23. The Hall–Kier alpha value is -1.73. The Balaban J connectivity index is 1.69. The minimum absolute atomic E-state index is 0.487. The van der Waals surface area contributed by atoms with E-state index in [2.05, 4.69) is 25.5 Å². The molecule has 0 saturated carbocycles. The molecule has 3 rings (SSSR count). The zero-order chi connectivity index (χ0) is 12.4. The van der Waals surface area contributed by atoms with Crippen LogP contribution in [-0.4, -0.2) is 51.0 Å². The number of piperazine rings is 1. The van der Waals surface area contributed by atoms with Crippen LogP contribution in [0.5, 0.6) is 0 Å². The fourth-order valence-electron chi connectivity index (χ4n) is 2.02. The lowest BCUT2D eigenvalue weighted by atomic mass is 10.3. The third kappa shape index (κ3) is 2.41. The monoisotopic (exact) mass is 248 g/mol. The standard InChI is InChI=1S/C11H16N6O/c1-16-5-2-9(14-16)11-13-10(15-18-11)8-17-6-3-12-4-7-17/h2,5,12H,3-4,6-8H2,1H3. The lowest BCUT2D eigenvalue weighted by molar-refractivity contribution is 0.225. The number of aromatic nitrogens is 4. The van der Waals surface area contributed by atoms with Crippen molar-refractivity contribution in [1.82, 2.24) is 30.1 Å². The number of nitrogens with zero attached hydrogens (tertiary/aromatic N) is 5. The second-order valence-corrected chi connectivity index (χ2v) is 4.42. The Morgan fingerprint density at radius 1 is 1.39 bits per heavy atom. The highest BCUT2D eigenvalue weighted by molar-refractivity contribution is 5.44. The molecular formula is C11H16N6O. The molecule has 7 nitrogen and oxygen atoms in total. The van der Waals surface area contributed by atoms with Crippen molar-refractivity contribution < 1.29 is 4.52 Å². The zero-order valence-electron chi connectivity index (χ0n) is 10.3. The van der Waals surface area contributed by atoms with Crippen LogP contribution >= 0.6 is 0 Å². The summed E-state index contributed by atoms with van der Waals surface area (Å²) in [5, 5.41) is 11.6. The van der Waals surface area contributed by atoms with Gasteiger partial charge in [0.25, 0.3) is 5.89 Å². The quantitative estimate of drug-likeness (QED) is 0.816. The van der Waals surface area contributed by atoms with E-state index in [0.717, 1.165) is 44.2 Å². The van der Waals surface area contributed by atoms with Gasteiger partial charge in [0.15, 0.2) is 11.5 Å². The van der Waals surface area contributed by atoms with Crippen LogP contribution in [0.25, 0.3) is 11.6 Å². The van der Waals surface area contributed by atoms with Gasteiger partial charge in [-0.3, -0.25) is 9.58 Å². The van der Waals surface area contributed by atoms with Crippen molar-refractivity contribution in [2.75, 3.05) is 26.2 Å². The van der Waals surface area contributed by atoms with Crippen molar-refractivity contribution in [1.29, 1.82) is 0 Å². The molecule has 0 aliphatic carbocycles. The first kappa shape index (κ1) is 11.4. The molecule has 1 fully saturated rings. The number of hydrogen-bond acceptors (Lipinski definition) is 6. The highest BCUT2D eigenvalue weighted by Gasteiger charge is 2.15. The van der Waals surface area contributed by atoms with Gasteiger partial charge in [-0.1, -0.05) is 5.16 Å². The van der Waals surface area contributed by atoms with E-state index >= 15 is 0 Å². The van der Waals surface area contributed by atoms with E-state index < -0.39 is 0 Å². The van der Waals surface area contributed by atoms with Crippen LogP contribution < -0.4 is 5.32 Å². The van der Waals surface area contributed by atoms with Crippen molar-refractivity contribution in [2.45, 2.75) is 6.54 Å². The van der Waals surface area contributed by atoms with Crippen molar-refractivity contribution in [3.63, 3.8) is 0 Å². The topological polar surface area (TPSA) is 72.0 Å². The Morgan fingerprint density at radius 3 is 2.94 bits per heavy atom. The summed E-state index contributed by atoms with van der Waals surface area (Å²) >= 11 is 0. The van der Waals surface area contributed by atoms with Crippen LogP contribution in [0.2, 0.25) is 0 Å². The molecule has 0 spiro atoms. The van der Waals surface area contributed by atoms with E-state index in [1.807, 2.05) is 19.3 Å². The Labute approximate surface area is 105 Å². The summed E-state index contributed by atoms with van der Waals surface area (Å²) in [6.07, 6.45) is 1.86. The zero-order valence-corrected chi connectivity index (χ0v) is 10.3. The van der Waals surface area contributed by atoms with Gasteiger partial charge >= 0.3 is 0 Å². The molecule has 96 valence electrons. The molecule has 1 N–H and O–H groups in total. The largest absolute Gasteiger partial charge is 0.332 e. The average molecular weight is 248 g/mol. The molecule has 0 unspecified atom stereocenters. The van der Waals surface area contributed by atoms with Crippen LogP contribution in [0.4, 0.5) is 0 Å². The molecule has 7 heteroatoms. The minimum atomic E-state index is 0.487. The van der Waals surface area contributed by atoms with E-state index in [1.54, 1.807) is 4.68 Å². The van der Waals surface area contributed by atoms with E-state index in [1.165, 1.54) is 0 Å². The van der Waals surface area contributed by atoms with E-state index in [0.29, 0.717) is 5.89 Å². The van der Waals surface area contributed by atoms with Crippen LogP contribution in [0.15, 0.2) is 16.8 Å². The molecule has 1 aliphatic heterocycles. The second-order valence-electron chi connectivity index (χ2n) is 4.42. The highest BCUT2D eigenvalue weighted by Crippen LogP contribution is 2.14. The second kappa shape index (κ2) is 4.87. The third-order valence-corrected chi connectivity index (χ3v) is 2.98. The first-order valence-electron chi connectivity index (χ1n) is 6.07. The maximum Gasteiger partial charge on any atom is 0.278 e. The first-order valence-corrected chi connectivity index (χ1v) is 6.07. The molecule has 0 radical (unpaired) electrons. The summed E-state index contributed by atoms with van der Waals surface area (Å²) in [6.45, 7) is 4.81. The first-order chi connectivity index (χ1) is 8.81. The summed E-state index contributed by atoms with van der Waals surface area (Å²) in [5.41, 5.74) is 0.719. The van der Waals surface area contributed by atoms with Gasteiger partial charge in [0.05, 0.1) is 6.54 Å². The average Bonchev–Trinajstić information content (AvgIpc) is 2.99. The Kier molecular flexibility index (Phi) is 3.07. The van der Waals surface area contributed by atoms with Crippen molar-refractivity contribution >= 4 is 0 Å². The van der Waals surface area contributed by atoms with Crippen molar-refractivity contribution in [3.05, 3.63) is 18.1 Å². The predicted molar refractivity (Wildman–Crippen MR) is 64.6 cm³/mol. The maximum atomic E-state index is 5.23. The SMILES string of the molecule is Cn1ccc(-c2nc(CN3CCNCC3)no2)n1. The lowest BCUT2D eigenvalue weighted by Crippen LogP contribution is -2.43. The Morgan fingerprint density at radius 2 is 2.22 bits per heavy atom. The van der Waals surface area contributed by atoms with Gasteiger partial charge in [-0.2, -0.15) is 10.1 Å². The molecule has 3 heterocycles. The smallest absolute Gasteiger partial charge is 0.278 e. The lowest BCUT2D eigenvalue weighted by Gasteiger charge is -2.25. The molecule has 1 aliphatic rings. The highest BCUT2D eigenvalue weighted by atomic mass is 16.5. The molecule has 0 aromatic carbocycles. The van der Waals surface area contributed by atoms with Gasteiger partial charge in [-0.15, -0.1) is 0 Å².